The van der Waals surface area contributed by atoms with Gasteiger partial charge in [-0.15, -0.1) is 0 Å². The summed E-state index contributed by atoms with van der Waals surface area (Å²) >= 11 is 3.43. The van der Waals surface area contributed by atoms with Crippen LogP contribution in [0.5, 0.6) is 5.75 Å². The lowest BCUT2D eigenvalue weighted by atomic mass is 10.0. The number of benzene rings is 2. The van der Waals surface area contributed by atoms with Gasteiger partial charge in [0.2, 0.25) is 0 Å². The Bertz CT molecular complexity index is 727. The lowest BCUT2D eigenvalue weighted by molar-refractivity contribution is -0.123. The molecule has 4 nitrogen and oxygen atoms in total. The molecule has 0 saturated heterocycles. The second kappa shape index (κ2) is 8.64. The molecule has 2 aromatic carbocycles. The summed E-state index contributed by atoms with van der Waals surface area (Å²) in [5, 5.41) is 4.27. The lowest BCUT2D eigenvalue weighted by Gasteiger charge is -2.11. The first-order chi connectivity index (χ1) is 11.5. The van der Waals surface area contributed by atoms with Crippen molar-refractivity contribution >= 4 is 27.5 Å². The fourth-order valence-electron chi connectivity index (χ4n) is 2.15. The molecule has 1 N–H and O–H groups in total. The van der Waals surface area contributed by atoms with Gasteiger partial charge in [-0.05, 0) is 42.2 Å². The molecule has 0 radical (unpaired) electrons. The van der Waals surface area contributed by atoms with Crippen LogP contribution in [0.15, 0.2) is 58.1 Å². The van der Waals surface area contributed by atoms with E-state index in [2.05, 4.69) is 26.5 Å². The van der Waals surface area contributed by atoms with E-state index in [1.165, 1.54) is 0 Å². The van der Waals surface area contributed by atoms with Gasteiger partial charge >= 0.3 is 0 Å². The maximum Gasteiger partial charge on any atom is 0.277 e. The number of hydrogen-bond acceptors (Lipinski definition) is 3. The van der Waals surface area contributed by atoms with E-state index in [-0.39, 0.29) is 18.4 Å². The molecular weight excluding hydrogens is 368 g/mol. The molecule has 0 aliphatic carbocycles. The van der Waals surface area contributed by atoms with Crippen molar-refractivity contribution in [1.29, 1.82) is 0 Å². The normalized spacial score (nSPS) is 11.5. The zero-order valence-corrected chi connectivity index (χ0v) is 15.6. The zero-order chi connectivity index (χ0) is 17.5. The van der Waals surface area contributed by atoms with E-state index in [9.17, 15) is 4.79 Å². The number of halogens is 1. The van der Waals surface area contributed by atoms with E-state index >= 15 is 0 Å². The first-order valence-corrected chi connectivity index (χ1v) is 8.57. The quantitative estimate of drug-likeness (QED) is 0.591. The van der Waals surface area contributed by atoms with Crippen LogP contribution in [0.25, 0.3) is 0 Å². The zero-order valence-electron chi connectivity index (χ0n) is 14.0. The third-order valence-electron chi connectivity index (χ3n) is 3.42. The molecule has 0 unspecified atom stereocenters. The summed E-state index contributed by atoms with van der Waals surface area (Å²) in [5.41, 5.74) is 5.46. The predicted molar refractivity (Wildman–Crippen MR) is 100 cm³/mol. The number of hydrazone groups is 1. The summed E-state index contributed by atoms with van der Waals surface area (Å²) < 4.78 is 6.51. The number of carbonyl (C=O) groups is 1. The van der Waals surface area contributed by atoms with Crippen molar-refractivity contribution in [3.63, 3.8) is 0 Å². The highest BCUT2D eigenvalue weighted by molar-refractivity contribution is 9.10. The van der Waals surface area contributed by atoms with E-state index in [0.717, 1.165) is 21.3 Å². The molecular formula is C19H21BrN2O2. The minimum Gasteiger partial charge on any atom is -0.484 e. The summed E-state index contributed by atoms with van der Waals surface area (Å²) in [6.45, 7) is 5.97. The average Bonchev–Trinajstić information content (AvgIpc) is 2.57. The van der Waals surface area contributed by atoms with Gasteiger partial charge in [-0.3, -0.25) is 4.79 Å². The van der Waals surface area contributed by atoms with Crippen LogP contribution in [-0.4, -0.2) is 18.2 Å². The Labute approximate surface area is 151 Å². The molecule has 0 saturated carbocycles. The van der Waals surface area contributed by atoms with E-state index in [1.54, 1.807) is 0 Å². The van der Waals surface area contributed by atoms with Gasteiger partial charge in [-0.1, -0.05) is 60.1 Å². The van der Waals surface area contributed by atoms with Gasteiger partial charge in [0, 0.05) is 4.47 Å². The maximum atomic E-state index is 12.0. The SMILES string of the molecule is Cc1cc(OCC(=O)NN=C(c2ccccc2)C(C)C)ccc1Br. The van der Waals surface area contributed by atoms with Crippen LogP contribution in [-0.2, 0) is 4.79 Å². The predicted octanol–water partition coefficient (Wildman–Crippen LogP) is 4.31. The Kier molecular flexibility index (Phi) is 6.55. The number of ether oxygens (including phenoxy) is 1. The standard InChI is InChI=1S/C19H21BrN2O2/c1-13(2)19(15-7-5-4-6-8-15)22-21-18(23)12-24-16-9-10-17(20)14(3)11-16/h4-11,13H,12H2,1-3H3,(H,21,23). The third-order valence-corrected chi connectivity index (χ3v) is 4.31. The second-order valence-electron chi connectivity index (χ2n) is 5.75. The van der Waals surface area contributed by atoms with Crippen LogP contribution >= 0.6 is 15.9 Å². The molecule has 24 heavy (non-hydrogen) atoms. The molecule has 2 rings (SSSR count). The van der Waals surface area contributed by atoms with Crippen molar-refractivity contribution in [2.45, 2.75) is 20.8 Å². The van der Waals surface area contributed by atoms with Gasteiger partial charge in [0.05, 0.1) is 5.71 Å². The molecule has 0 bridgehead atoms. The minimum absolute atomic E-state index is 0.0786. The Balaban J connectivity index is 1.96. The lowest BCUT2D eigenvalue weighted by Crippen LogP contribution is -2.27. The third kappa shape index (κ3) is 5.20. The van der Waals surface area contributed by atoms with Gasteiger partial charge in [-0.25, -0.2) is 5.43 Å². The minimum atomic E-state index is -0.287. The fourth-order valence-corrected chi connectivity index (χ4v) is 2.39. The van der Waals surface area contributed by atoms with Crippen LogP contribution in [0.1, 0.15) is 25.0 Å². The Hall–Kier alpha value is -2.14. The second-order valence-corrected chi connectivity index (χ2v) is 6.61. The Morgan fingerprint density at radius 3 is 2.54 bits per heavy atom. The van der Waals surface area contributed by atoms with Crippen LogP contribution in [0.4, 0.5) is 0 Å². The van der Waals surface area contributed by atoms with Crippen LogP contribution in [0.3, 0.4) is 0 Å². The van der Waals surface area contributed by atoms with Crippen LogP contribution in [0.2, 0.25) is 0 Å². The van der Waals surface area contributed by atoms with E-state index in [1.807, 2.05) is 69.3 Å². The summed E-state index contributed by atoms with van der Waals surface area (Å²) in [6.07, 6.45) is 0. The van der Waals surface area contributed by atoms with Gasteiger partial charge < -0.3 is 4.74 Å². The summed E-state index contributed by atoms with van der Waals surface area (Å²) in [7, 11) is 0. The summed E-state index contributed by atoms with van der Waals surface area (Å²) in [6, 6.07) is 15.4. The van der Waals surface area contributed by atoms with Crippen molar-refractivity contribution in [2.24, 2.45) is 11.0 Å². The molecule has 2 aromatic rings. The van der Waals surface area contributed by atoms with Gasteiger partial charge in [-0.2, -0.15) is 5.10 Å². The van der Waals surface area contributed by atoms with Gasteiger partial charge in [0.1, 0.15) is 5.75 Å². The van der Waals surface area contributed by atoms with Crippen molar-refractivity contribution in [3.05, 3.63) is 64.1 Å². The van der Waals surface area contributed by atoms with E-state index in [4.69, 9.17) is 4.74 Å². The largest absolute Gasteiger partial charge is 0.484 e. The number of carbonyl (C=O) groups excluding carboxylic acids is 1. The molecule has 0 atom stereocenters. The van der Waals surface area contributed by atoms with Crippen molar-refractivity contribution < 1.29 is 9.53 Å². The van der Waals surface area contributed by atoms with E-state index in [0.29, 0.717) is 5.75 Å². The highest BCUT2D eigenvalue weighted by Gasteiger charge is 2.10. The number of nitrogens with zero attached hydrogens (tertiary/aromatic N) is 1. The molecule has 0 aliphatic rings. The number of hydrogen-bond donors (Lipinski definition) is 1. The number of nitrogens with one attached hydrogen (secondary N) is 1. The molecule has 0 fully saturated rings. The topological polar surface area (TPSA) is 50.7 Å². The highest BCUT2D eigenvalue weighted by atomic mass is 79.9. The molecule has 0 spiro atoms. The molecule has 1 amide bonds. The Morgan fingerprint density at radius 1 is 1.21 bits per heavy atom. The smallest absolute Gasteiger partial charge is 0.277 e. The summed E-state index contributed by atoms with van der Waals surface area (Å²) in [5.74, 6) is 0.564. The molecule has 5 heteroatoms. The number of aryl methyl sites for hydroxylation is 1. The molecule has 0 aromatic heterocycles. The number of amides is 1. The maximum absolute atomic E-state index is 12.0. The van der Waals surface area contributed by atoms with Crippen LogP contribution < -0.4 is 10.2 Å². The van der Waals surface area contributed by atoms with Crippen LogP contribution in [0, 0.1) is 12.8 Å². The molecule has 0 heterocycles. The van der Waals surface area contributed by atoms with Crippen molar-refractivity contribution in [2.75, 3.05) is 6.61 Å². The average molecular weight is 389 g/mol. The number of rotatable bonds is 6. The Morgan fingerprint density at radius 2 is 1.92 bits per heavy atom. The molecule has 0 aliphatic heterocycles. The van der Waals surface area contributed by atoms with Crippen molar-refractivity contribution in [3.8, 4) is 5.75 Å². The molecule has 126 valence electrons. The first kappa shape index (κ1) is 18.2. The fraction of sp³-hybridized carbons (Fsp3) is 0.263. The van der Waals surface area contributed by atoms with Gasteiger partial charge in [0.15, 0.2) is 6.61 Å². The summed E-state index contributed by atoms with van der Waals surface area (Å²) in [4.78, 5) is 12.0. The monoisotopic (exact) mass is 388 g/mol. The first-order valence-electron chi connectivity index (χ1n) is 7.78. The van der Waals surface area contributed by atoms with E-state index < -0.39 is 0 Å². The highest BCUT2D eigenvalue weighted by Crippen LogP contribution is 2.21. The van der Waals surface area contributed by atoms with Crippen molar-refractivity contribution in [1.82, 2.24) is 5.43 Å². The van der Waals surface area contributed by atoms with Gasteiger partial charge in [0.25, 0.3) is 5.91 Å².